The number of aliphatic hydroxyl groups excluding tert-OH is 1. The molecule has 0 bridgehead atoms. The molecular formula is C45H41F5N4O5. The van der Waals surface area contributed by atoms with Crippen molar-refractivity contribution in [1.29, 1.82) is 0 Å². The number of amides is 2. The number of halogens is 5. The van der Waals surface area contributed by atoms with Crippen LogP contribution < -0.4 is 15.5 Å². The van der Waals surface area contributed by atoms with E-state index in [-0.39, 0.29) is 31.3 Å². The molecule has 3 aliphatic rings. The van der Waals surface area contributed by atoms with Crippen LogP contribution in [0.2, 0.25) is 0 Å². The molecule has 5 aromatic carbocycles. The highest BCUT2D eigenvalue weighted by Crippen LogP contribution is 2.41. The molecule has 8 rings (SSSR count). The van der Waals surface area contributed by atoms with Gasteiger partial charge in [-0.05, 0) is 52.8 Å². The molecule has 3 fully saturated rings. The van der Waals surface area contributed by atoms with E-state index in [0.717, 1.165) is 27.9 Å². The normalized spacial score (nSPS) is 20.5. The summed E-state index contributed by atoms with van der Waals surface area (Å²) in [7, 11) is 0. The number of anilines is 1. The van der Waals surface area contributed by atoms with Gasteiger partial charge in [-0.15, -0.1) is 0 Å². The summed E-state index contributed by atoms with van der Waals surface area (Å²) in [6.45, 7) is 2.15. The lowest BCUT2D eigenvalue weighted by atomic mass is 9.85. The summed E-state index contributed by atoms with van der Waals surface area (Å²) in [4.78, 5) is 30.5. The highest BCUT2D eigenvalue weighted by atomic mass is 19.2. The lowest BCUT2D eigenvalue weighted by molar-refractivity contribution is -0.253. The number of nitrogens with zero attached hydrogens (tertiary/aromatic N) is 2. The van der Waals surface area contributed by atoms with Crippen LogP contribution in [0.25, 0.3) is 11.1 Å². The molecule has 0 aliphatic carbocycles. The van der Waals surface area contributed by atoms with Gasteiger partial charge >= 0.3 is 0 Å². The second-order valence-corrected chi connectivity index (χ2v) is 15.0. The Morgan fingerprint density at radius 3 is 2.08 bits per heavy atom. The van der Waals surface area contributed by atoms with E-state index in [4.69, 9.17) is 9.47 Å². The topological polar surface area (TPSA) is 103 Å². The first kappa shape index (κ1) is 40.1. The summed E-state index contributed by atoms with van der Waals surface area (Å²) >= 11 is 0. The molecule has 306 valence electrons. The highest BCUT2D eigenvalue weighted by Gasteiger charge is 2.50. The SMILES string of the molecule is O=C(NCc1ccccc1-c1ccc([C@@H]2O[C@H](CN3CCC4(CC3)C(=O)NCN4c3ccccc3)C[C@H](c3ccc(CO)cc3)O2)cc1)c1c(F)c(F)c(F)c(F)c1F. The van der Waals surface area contributed by atoms with Crippen LogP contribution in [0.1, 0.15) is 64.3 Å². The van der Waals surface area contributed by atoms with Gasteiger partial charge in [-0.1, -0.05) is 91.0 Å². The van der Waals surface area contributed by atoms with Crippen LogP contribution in [-0.4, -0.2) is 59.8 Å². The Bertz CT molecular complexity index is 2300. The minimum absolute atomic E-state index is 0.0507. The van der Waals surface area contributed by atoms with E-state index in [2.05, 4.69) is 20.4 Å². The molecule has 0 aromatic heterocycles. The zero-order valence-electron chi connectivity index (χ0n) is 31.8. The summed E-state index contributed by atoms with van der Waals surface area (Å²) in [6, 6.07) is 31.9. The number of carbonyl (C=O) groups is 2. The maximum atomic E-state index is 14.3. The van der Waals surface area contributed by atoms with Crippen molar-refractivity contribution in [1.82, 2.24) is 15.5 Å². The monoisotopic (exact) mass is 812 g/mol. The first-order chi connectivity index (χ1) is 28.6. The average Bonchev–Trinajstić information content (AvgIpc) is 3.59. The van der Waals surface area contributed by atoms with Crippen molar-refractivity contribution < 1.29 is 46.1 Å². The fraction of sp³-hybridized carbons (Fsp3) is 0.289. The zero-order chi connectivity index (χ0) is 41.3. The number of aliphatic hydroxyl groups is 1. The van der Waals surface area contributed by atoms with Crippen LogP contribution >= 0.6 is 0 Å². The van der Waals surface area contributed by atoms with Crippen LogP contribution in [-0.2, 0) is 27.4 Å². The van der Waals surface area contributed by atoms with Crippen molar-refractivity contribution in [3.63, 3.8) is 0 Å². The molecular weight excluding hydrogens is 772 g/mol. The predicted octanol–water partition coefficient (Wildman–Crippen LogP) is 7.45. The van der Waals surface area contributed by atoms with Gasteiger partial charge in [0.2, 0.25) is 11.7 Å². The number of ether oxygens (including phenoxy) is 2. The second kappa shape index (κ2) is 16.9. The number of benzene rings is 5. The quantitative estimate of drug-likeness (QED) is 0.0766. The van der Waals surface area contributed by atoms with Gasteiger partial charge in [0.05, 0.1) is 25.5 Å². The molecule has 2 amide bonds. The molecule has 5 aromatic rings. The molecule has 9 nitrogen and oxygen atoms in total. The van der Waals surface area contributed by atoms with Gasteiger partial charge in [-0.2, -0.15) is 0 Å². The van der Waals surface area contributed by atoms with Crippen molar-refractivity contribution in [2.75, 3.05) is 31.2 Å². The van der Waals surface area contributed by atoms with Gasteiger partial charge in [0.15, 0.2) is 29.6 Å². The number of nitrogens with one attached hydrogen (secondary N) is 2. The van der Waals surface area contributed by atoms with E-state index >= 15 is 0 Å². The minimum Gasteiger partial charge on any atom is -0.392 e. The Kier molecular flexibility index (Phi) is 11.5. The summed E-state index contributed by atoms with van der Waals surface area (Å²) < 4.78 is 83.0. The molecule has 14 heteroatoms. The molecule has 3 heterocycles. The van der Waals surface area contributed by atoms with E-state index < -0.39 is 52.4 Å². The van der Waals surface area contributed by atoms with E-state index in [1.807, 2.05) is 78.9 Å². The van der Waals surface area contributed by atoms with E-state index in [1.165, 1.54) is 0 Å². The predicted molar refractivity (Wildman–Crippen MR) is 208 cm³/mol. The molecule has 3 N–H and O–H groups in total. The van der Waals surface area contributed by atoms with Crippen molar-refractivity contribution in [3.05, 3.63) is 160 Å². The van der Waals surface area contributed by atoms with Crippen molar-refractivity contribution in [2.24, 2.45) is 0 Å². The van der Waals surface area contributed by atoms with Gasteiger partial charge in [0, 0.05) is 43.9 Å². The number of carbonyl (C=O) groups excluding carboxylic acids is 2. The number of hydrogen-bond donors (Lipinski definition) is 3. The number of likely N-dealkylation sites (tertiary alicyclic amines) is 1. The Morgan fingerprint density at radius 1 is 0.780 bits per heavy atom. The van der Waals surface area contributed by atoms with Crippen molar-refractivity contribution in [3.8, 4) is 11.1 Å². The van der Waals surface area contributed by atoms with Gasteiger partial charge in [0.1, 0.15) is 11.1 Å². The molecule has 3 atom stereocenters. The first-order valence-corrected chi connectivity index (χ1v) is 19.4. The highest BCUT2D eigenvalue weighted by molar-refractivity contribution is 5.95. The van der Waals surface area contributed by atoms with Crippen LogP contribution in [0.4, 0.5) is 27.6 Å². The minimum atomic E-state index is -2.34. The lowest BCUT2D eigenvalue weighted by Gasteiger charge is -2.45. The summed E-state index contributed by atoms with van der Waals surface area (Å²) in [5, 5.41) is 15.0. The largest absolute Gasteiger partial charge is 0.392 e. The average molecular weight is 813 g/mol. The Morgan fingerprint density at radius 2 is 1.41 bits per heavy atom. The van der Waals surface area contributed by atoms with Crippen LogP contribution in [0, 0.1) is 29.1 Å². The van der Waals surface area contributed by atoms with E-state index in [1.54, 1.807) is 24.3 Å². The Labute approximate surface area is 337 Å². The van der Waals surface area contributed by atoms with Gasteiger partial charge in [-0.25, -0.2) is 22.0 Å². The van der Waals surface area contributed by atoms with Gasteiger partial charge in [0.25, 0.3) is 5.91 Å². The van der Waals surface area contributed by atoms with Crippen LogP contribution in [0.15, 0.2) is 103 Å². The van der Waals surface area contributed by atoms with Crippen LogP contribution in [0.3, 0.4) is 0 Å². The summed E-state index contributed by atoms with van der Waals surface area (Å²) in [5.41, 5.74) is 3.21. The second-order valence-electron chi connectivity index (χ2n) is 15.0. The standard InChI is InChI=1S/C45H41F5N4O5/c46-37-36(38(47)40(49)41(50)39(37)48)42(56)51-23-31-6-4-5-9-34(31)28-14-16-30(17-15-28)43-58-33(22-35(59-43)29-12-10-27(25-55)11-13-29)24-53-20-18-45(19-21-53)44(57)52-26-54(45)32-7-2-1-3-8-32/h1-17,33,35,43,55H,18-26H2,(H,51,56)(H,52,57)/t33-,35+,43+/m0/s1. The van der Waals surface area contributed by atoms with Crippen LogP contribution in [0.5, 0.6) is 0 Å². The van der Waals surface area contributed by atoms with Crippen molar-refractivity contribution in [2.45, 2.75) is 56.5 Å². The number of para-hydroxylation sites is 1. The molecule has 0 radical (unpaired) electrons. The van der Waals surface area contributed by atoms with Gasteiger partial charge in [-0.3, -0.25) is 9.59 Å². The van der Waals surface area contributed by atoms with E-state index in [0.29, 0.717) is 56.7 Å². The number of hydrogen-bond acceptors (Lipinski definition) is 7. The molecule has 1 spiro atoms. The maximum absolute atomic E-state index is 14.3. The zero-order valence-corrected chi connectivity index (χ0v) is 31.8. The third kappa shape index (κ3) is 7.93. The fourth-order valence-electron chi connectivity index (χ4n) is 8.30. The van der Waals surface area contributed by atoms with Gasteiger partial charge < -0.3 is 35.0 Å². The molecule has 0 unspecified atom stereocenters. The Hall–Kier alpha value is -5.67. The smallest absolute Gasteiger partial charge is 0.257 e. The Balaban J connectivity index is 0.979. The van der Waals surface area contributed by atoms with E-state index in [9.17, 15) is 36.6 Å². The maximum Gasteiger partial charge on any atom is 0.257 e. The molecule has 3 aliphatic heterocycles. The summed E-state index contributed by atoms with van der Waals surface area (Å²) in [6.07, 6.45) is 0.613. The molecule has 0 saturated carbocycles. The summed E-state index contributed by atoms with van der Waals surface area (Å²) in [5.74, 6) is -12.6. The molecule has 59 heavy (non-hydrogen) atoms. The van der Waals surface area contributed by atoms with Crippen molar-refractivity contribution >= 4 is 17.5 Å². The lowest BCUT2D eigenvalue weighted by Crippen LogP contribution is -2.57. The fourth-order valence-corrected chi connectivity index (χ4v) is 8.30. The number of rotatable bonds is 10. The third-order valence-electron chi connectivity index (χ3n) is 11.6. The third-order valence-corrected chi connectivity index (χ3v) is 11.6. The molecule has 3 saturated heterocycles. The first-order valence-electron chi connectivity index (χ1n) is 19.4. The number of piperidine rings is 1.